The molecule has 0 amide bonds. The lowest BCUT2D eigenvalue weighted by molar-refractivity contribution is 0.280. The molecule has 0 aliphatic carbocycles. The summed E-state index contributed by atoms with van der Waals surface area (Å²) in [5.74, 6) is 0. The monoisotopic (exact) mass is 254 g/mol. The Hall–Kier alpha value is -0.870. The summed E-state index contributed by atoms with van der Waals surface area (Å²) in [6, 6.07) is 4.07. The number of aromatic nitrogens is 2. The van der Waals surface area contributed by atoms with Crippen molar-refractivity contribution in [3.8, 4) is 0 Å². The van der Waals surface area contributed by atoms with E-state index in [0.717, 1.165) is 28.5 Å². The van der Waals surface area contributed by atoms with Gasteiger partial charge in [-0.2, -0.15) is 0 Å². The first-order chi connectivity index (χ1) is 6.81. The maximum atomic E-state index is 8.74. The number of fused-ring (bicyclic) bond motifs is 1. The highest BCUT2D eigenvalue weighted by Gasteiger charge is 2.01. The molecule has 2 heterocycles. The molecule has 0 atom stereocenters. The first kappa shape index (κ1) is 9.68. The van der Waals surface area contributed by atoms with Crippen LogP contribution in [0, 0.1) is 0 Å². The van der Waals surface area contributed by atoms with E-state index in [-0.39, 0.29) is 6.61 Å². The minimum absolute atomic E-state index is 0.218. The second-order valence-electron chi connectivity index (χ2n) is 3.15. The van der Waals surface area contributed by atoms with Crippen molar-refractivity contribution in [2.24, 2.45) is 0 Å². The summed E-state index contributed by atoms with van der Waals surface area (Å²) in [6.07, 6.45) is 4.55. The molecular weight excluding hydrogens is 244 g/mol. The van der Waals surface area contributed by atoms with E-state index in [2.05, 4.69) is 25.5 Å². The molecule has 1 N–H and O–H groups in total. The van der Waals surface area contributed by atoms with E-state index in [1.807, 2.05) is 18.3 Å². The highest BCUT2D eigenvalue weighted by Crippen LogP contribution is 2.18. The number of nitrogens with zero attached hydrogens (tertiary/aromatic N) is 2. The van der Waals surface area contributed by atoms with E-state index >= 15 is 0 Å². The standard InChI is InChI=1S/C10H11BrN2O/c11-9-6-8-2-4-13(3-1-5-14)10(8)12-7-9/h2,4,6-7,14H,1,3,5H2. The van der Waals surface area contributed by atoms with Crippen molar-refractivity contribution in [1.29, 1.82) is 0 Å². The molecule has 0 aliphatic heterocycles. The van der Waals surface area contributed by atoms with Crippen LogP contribution in [0.2, 0.25) is 0 Å². The molecule has 0 radical (unpaired) electrons. The van der Waals surface area contributed by atoms with Gasteiger partial charge >= 0.3 is 0 Å². The fourth-order valence-corrected chi connectivity index (χ4v) is 1.82. The third kappa shape index (κ3) is 1.81. The Labute approximate surface area is 90.5 Å². The number of aryl methyl sites for hydroxylation is 1. The summed E-state index contributed by atoms with van der Waals surface area (Å²) in [5.41, 5.74) is 0.974. The summed E-state index contributed by atoms with van der Waals surface area (Å²) in [6.45, 7) is 1.03. The molecule has 2 aromatic rings. The van der Waals surface area contributed by atoms with Gasteiger partial charge in [-0.25, -0.2) is 4.98 Å². The fourth-order valence-electron chi connectivity index (χ4n) is 1.47. The van der Waals surface area contributed by atoms with Gasteiger partial charge in [-0.15, -0.1) is 0 Å². The number of aliphatic hydroxyl groups is 1. The van der Waals surface area contributed by atoms with E-state index in [1.165, 1.54) is 0 Å². The van der Waals surface area contributed by atoms with Crippen molar-refractivity contribution >= 4 is 27.0 Å². The van der Waals surface area contributed by atoms with E-state index in [1.54, 1.807) is 6.20 Å². The largest absolute Gasteiger partial charge is 0.396 e. The average Bonchev–Trinajstić information content (AvgIpc) is 2.57. The van der Waals surface area contributed by atoms with Crippen LogP contribution in [0.5, 0.6) is 0 Å². The first-order valence-electron chi connectivity index (χ1n) is 4.52. The van der Waals surface area contributed by atoms with Gasteiger partial charge in [0, 0.05) is 35.4 Å². The Bertz CT molecular complexity index is 439. The zero-order valence-corrected chi connectivity index (χ0v) is 9.24. The van der Waals surface area contributed by atoms with Crippen molar-refractivity contribution in [2.45, 2.75) is 13.0 Å². The molecule has 3 nitrogen and oxygen atoms in total. The van der Waals surface area contributed by atoms with Crippen LogP contribution in [0.3, 0.4) is 0 Å². The summed E-state index contributed by atoms with van der Waals surface area (Å²) < 4.78 is 3.04. The minimum atomic E-state index is 0.218. The normalized spacial score (nSPS) is 11.0. The van der Waals surface area contributed by atoms with Gasteiger partial charge in [0.15, 0.2) is 0 Å². The zero-order valence-electron chi connectivity index (χ0n) is 7.65. The van der Waals surface area contributed by atoms with Crippen LogP contribution >= 0.6 is 15.9 Å². The minimum Gasteiger partial charge on any atom is -0.396 e. The molecule has 4 heteroatoms. The summed E-state index contributed by atoms with van der Waals surface area (Å²) in [4.78, 5) is 4.33. The van der Waals surface area contributed by atoms with Gasteiger partial charge in [-0.1, -0.05) is 0 Å². The average molecular weight is 255 g/mol. The van der Waals surface area contributed by atoms with Crippen molar-refractivity contribution in [3.05, 3.63) is 29.0 Å². The number of halogens is 1. The second kappa shape index (κ2) is 4.11. The van der Waals surface area contributed by atoms with E-state index in [9.17, 15) is 0 Å². The molecule has 0 unspecified atom stereocenters. The summed E-state index contributed by atoms with van der Waals surface area (Å²) in [7, 11) is 0. The molecule has 0 aromatic carbocycles. The lowest BCUT2D eigenvalue weighted by Gasteiger charge is -2.02. The number of aliphatic hydroxyl groups excluding tert-OH is 1. The predicted octanol–water partition coefficient (Wildman–Crippen LogP) is 2.18. The van der Waals surface area contributed by atoms with Crippen LogP contribution in [-0.4, -0.2) is 21.3 Å². The van der Waals surface area contributed by atoms with Crippen molar-refractivity contribution in [2.75, 3.05) is 6.61 Å². The topological polar surface area (TPSA) is 38.0 Å². The molecule has 0 fully saturated rings. The van der Waals surface area contributed by atoms with Crippen molar-refractivity contribution in [3.63, 3.8) is 0 Å². The number of rotatable bonds is 3. The third-order valence-electron chi connectivity index (χ3n) is 2.12. The smallest absolute Gasteiger partial charge is 0.139 e. The Morgan fingerprint density at radius 2 is 2.36 bits per heavy atom. The summed E-state index contributed by atoms with van der Waals surface area (Å²) in [5, 5.41) is 9.86. The van der Waals surface area contributed by atoms with Gasteiger partial charge in [0.25, 0.3) is 0 Å². The van der Waals surface area contributed by atoms with Gasteiger partial charge < -0.3 is 9.67 Å². The van der Waals surface area contributed by atoms with Crippen LogP contribution in [-0.2, 0) is 6.54 Å². The first-order valence-corrected chi connectivity index (χ1v) is 5.32. The maximum absolute atomic E-state index is 8.74. The van der Waals surface area contributed by atoms with Crippen LogP contribution in [0.1, 0.15) is 6.42 Å². The Kier molecular flexibility index (Phi) is 2.84. The fraction of sp³-hybridized carbons (Fsp3) is 0.300. The number of hydrogen-bond acceptors (Lipinski definition) is 2. The van der Waals surface area contributed by atoms with Crippen molar-refractivity contribution in [1.82, 2.24) is 9.55 Å². The summed E-state index contributed by atoms with van der Waals surface area (Å²) >= 11 is 3.38. The van der Waals surface area contributed by atoms with Crippen LogP contribution < -0.4 is 0 Å². The second-order valence-corrected chi connectivity index (χ2v) is 4.07. The molecular formula is C10H11BrN2O. The van der Waals surface area contributed by atoms with Gasteiger partial charge in [-0.3, -0.25) is 0 Å². The maximum Gasteiger partial charge on any atom is 0.139 e. The quantitative estimate of drug-likeness (QED) is 0.912. The molecule has 0 aliphatic rings. The predicted molar refractivity (Wildman–Crippen MR) is 59.1 cm³/mol. The molecule has 0 spiro atoms. The van der Waals surface area contributed by atoms with Gasteiger partial charge in [-0.05, 0) is 34.5 Å². The van der Waals surface area contributed by atoms with E-state index in [0.29, 0.717) is 0 Å². The van der Waals surface area contributed by atoms with Gasteiger partial charge in [0.2, 0.25) is 0 Å². The SMILES string of the molecule is OCCCn1ccc2cc(Br)cnc21. The molecule has 2 aromatic heterocycles. The van der Waals surface area contributed by atoms with Crippen LogP contribution in [0.25, 0.3) is 11.0 Å². The number of hydrogen-bond donors (Lipinski definition) is 1. The van der Waals surface area contributed by atoms with Crippen molar-refractivity contribution < 1.29 is 5.11 Å². The molecule has 2 rings (SSSR count). The lowest BCUT2D eigenvalue weighted by Crippen LogP contribution is -1.99. The Balaban J connectivity index is 2.37. The Morgan fingerprint density at radius 3 is 3.14 bits per heavy atom. The molecule has 0 saturated heterocycles. The lowest BCUT2D eigenvalue weighted by atomic mass is 10.3. The van der Waals surface area contributed by atoms with Crippen LogP contribution in [0.15, 0.2) is 29.0 Å². The number of pyridine rings is 1. The van der Waals surface area contributed by atoms with Gasteiger partial charge in [0.1, 0.15) is 5.65 Å². The highest BCUT2D eigenvalue weighted by atomic mass is 79.9. The van der Waals surface area contributed by atoms with Crippen LogP contribution in [0.4, 0.5) is 0 Å². The van der Waals surface area contributed by atoms with Gasteiger partial charge in [0.05, 0.1) is 0 Å². The van der Waals surface area contributed by atoms with E-state index < -0.39 is 0 Å². The highest BCUT2D eigenvalue weighted by molar-refractivity contribution is 9.10. The van der Waals surface area contributed by atoms with E-state index in [4.69, 9.17) is 5.11 Å². The molecule has 14 heavy (non-hydrogen) atoms. The zero-order chi connectivity index (χ0) is 9.97. The molecule has 0 saturated carbocycles. The molecule has 0 bridgehead atoms. The Morgan fingerprint density at radius 1 is 1.50 bits per heavy atom. The molecule has 74 valence electrons. The third-order valence-corrected chi connectivity index (χ3v) is 2.56.